The fourth-order valence-corrected chi connectivity index (χ4v) is 8.92. The first-order valence-electron chi connectivity index (χ1n) is 32.4. The van der Waals surface area contributed by atoms with Crippen molar-refractivity contribution in [3.05, 3.63) is 109 Å². The third-order valence-electron chi connectivity index (χ3n) is 13.8. The van der Waals surface area contributed by atoms with E-state index in [0.717, 1.165) is 122 Å². The lowest BCUT2D eigenvalue weighted by atomic mass is 10.1. The second-order valence-corrected chi connectivity index (χ2v) is 21.3. The van der Waals surface area contributed by atoms with Gasteiger partial charge in [0.15, 0.2) is 6.10 Å². The van der Waals surface area contributed by atoms with Gasteiger partial charge in [-0.3, -0.25) is 14.4 Å². The third-order valence-corrected chi connectivity index (χ3v) is 13.8. The number of hydrogen-bond acceptors (Lipinski definition) is 6. The molecule has 0 aromatic rings. The standard InChI is InChI=1S/C71H120O6/c1-4-7-10-13-16-19-21-23-25-27-29-31-32-33-34-35-36-37-38-40-41-43-45-47-49-52-55-58-61-64-70(73)76-67-68(66-75-69(72)63-60-57-54-51-18-15-12-9-6-3)77-71(74)65-62-59-56-53-50-48-46-44-42-39-30-28-26-24-22-20-17-14-11-8-5-2/h7,10,16,19,22-25,28-31,33-34,36-37,42,44,68H,4-6,8-9,11-15,17-18,20-21,26-27,32,35,38-41,43,45-67H2,1-3H3/b10-7-,19-16-,24-22-,25-23-,30-28-,31-29-,34-33-,37-36-,44-42-. The minimum Gasteiger partial charge on any atom is -0.462 e. The highest BCUT2D eigenvalue weighted by Gasteiger charge is 2.19. The molecule has 0 aliphatic heterocycles. The molecule has 0 N–H and O–H groups in total. The second kappa shape index (κ2) is 64.6. The topological polar surface area (TPSA) is 78.9 Å². The van der Waals surface area contributed by atoms with Crippen LogP contribution in [0.15, 0.2) is 109 Å². The summed E-state index contributed by atoms with van der Waals surface area (Å²) in [6.45, 7) is 6.50. The summed E-state index contributed by atoms with van der Waals surface area (Å²) in [5.41, 5.74) is 0. The van der Waals surface area contributed by atoms with Crippen molar-refractivity contribution in [1.29, 1.82) is 0 Å². The van der Waals surface area contributed by atoms with E-state index in [1.54, 1.807) is 0 Å². The normalized spacial score (nSPS) is 12.8. The smallest absolute Gasteiger partial charge is 0.306 e. The Morgan fingerprint density at radius 2 is 0.506 bits per heavy atom. The van der Waals surface area contributed by atoms with Crippen LogP contribution in [0.4, 0.5) is 0 Å². The molecule has 0 bridgehead atoms. The Kier molecular flexibility index (Phi) is 61.3. The zero-order valence-corrected chi connectivity index (χ0v) is 50.4. The molecule has 0 rings (SSSR count). The molecule has 0 fully saturated rings. The van der Waals surface area contributed by atoms with Gasteiger partial charge in [0.1, 0.15) is 13.2 Å². The molecule has 440 valence electrons. The van der Waals surface area contributed by atoms with Crippen LogP contribution >= 0.6 is 0 Å². The van der Waals surface area contributed by atoms with Crippen molar-refractivity contribution in [2.24, 2.45) is 0 Å². The Labute approximate surface area is 476 Å². The maximum absolute atomic E-state index is 12.9. The van der Waals surface area contributed by atoms with Crippen molar-refractivity contribution in [3.63, 3.8) is 0 Å². The van der Waals surface area contributed by atoms with Crippen LogP contribution in [0.1, 0.15) is 303 Å². The van der Waals surface area contributed by atoms with Crippen molar-refractivity contribution in [2.75, 3.05) is 13.2 Å². The second-order valence-electron chi connectivity index (χ2n) is 21.3. The largest absolute Gasteiger partial charge is 0.462 e. The van der Waals surface area contributed by atoms with E-state index in [-0.39, 0.29) is 31.1 Å². The molecule has 0 aromatic heterocycles. The maximum atomic E-state index is 12.9. The first-order chi connectivity index (χ1) is 38.0. The number of unbranched alkanes of at least 4 members (excludes halogenated alkanes) is 29. The van der Waals surface area contributed by atoms with Gasteiger partial charge in [-0.05, 0) is 109 Å². The lowest BCUT2D eigenvalue weighted by Gasteiger charge is -2.18. The first kappa shape index (κ1) is 73.1. The van der Waals surface area contributed by atoms with Crippen molar-refractivity contribution >= 4 is 17.9 Å². The summed E-state index contributed by atoms with van der Waals surface area (Å²) in [5, 5.41) is 0. The summed E-state index contributed by atoms with van der Waals surface area (Å²) in [5.74, 6) is -0.896. The van der Waals surface area contributed by atoms with E-state index in [4.69, 9.17) is 14.2 Å². The minimum atomic E-state index is -0.787. The molecule has 1 unspecified atom stereocenters. The molecule has 0 aliphatic rings. The average molecular weight is 1070 g/mol. The fourth-order valence-electron chi connectivity index (χ4n) is 8.92. The van der Waals surface area contributed by atoms with Crippen molar-refractivity contribution in [2.45, 2.75) is 309 Å². The highest BCUT2D eigenvalue weighted by Crippen LogP contribution is 2.16. The van der Waals surface area contributed by atoms with Gasteiger partial charge < -0.3 is 14.2 Å². The zero-order chi connectivity index (χ0) is 55.7. The van der Waals surface area contributed by atoms with E-state index in [1.165, 1.54) is 141 Å². The SMILES string of the molecule is CC/C=C\C/C=C\C/C=C\C/C=C\C/C=C\C/C=C\CCCCCCCCCCCCC(=O)OCC(COC(=O)CCCCCCCCCCC)OC(=O)CCCCCCCC/C=C\C/C=C\C/C=C\CCCCCCC. The van der Waals surface area contributed by atoms with Crippen LogP contribution in [0.5, 0.6) is 0 Å². The van der Waals surface area contributed by atoms with Crippen LogP contribution in [-0.4, -0.2) is 37.2 Å². The van der Waals surface area contributed by atoms with E-state index in [2.05, 4.69) is 130 Å². The number of hydrogen-bond donors (Lipinski definition) is 0. The molecular weight excluding hydrogens is 949 g/mol. The van der Waals surface area contributed by atoms with Crippen LogP contribution in [0.25, 0.3) is 0 Å². The van der Waals surface area contributed by atoms with Gasteiger partial charge in [-0.1, -0.05) is 284 Å². The summed E-state index contributed by atoms with van der Waals surface area (Å²) < 4.78 is 16.9. The van der Waals surface area contributed by atoms with E-state index >= 15 is 0 Å². The molecule has 0 heterocycles. The Morgan fingerprint density at radius 3 is 0.792 bits per heavy atom. The van der Waals surface area contributed by atoms with Crippen LogP contribution < -0.4 is 0 Å². The molecular formula is C71H120O6. The van der Waals surface area contributed by atoms with E-state index in [0.29, 0.717) is 19.3 Å². The molecule has 6 heteroatoms. The number of carbonyl (C=O) groups is 3. The number of esters is 3. The van der Waals surface area contributed by atoms with Gasteiger partial charge in [0, 0.05) is 19.3 Å². The van der Waals surface area contributed by atoms with E-state index in [1.807, 2.05) is 0 Å². The summed E-state index contributed by atoms with van der Waals surface area (Å²) in [4.78, 5) is 38.2. The van der Waals surface area contributed by atoms with Crippen LogP contribution in [-0.2, 0) is 28.6 Å². The summed E-state index contributed by atoms with van der Waals surface area (Å²) >= 11 is 0. The number of rotatable bonds is 58. The summed E-state index contributed by atoms with van der Waals surface area (Å²) in [6, 6.07) is 0. The number of carbonyl (C=O) groups excluding carboxylic acids is 3. The lowest BCUT2D eigenvalue weighted by Crippen LogP contribution is -2.30. The number of allylic oxidation sites excluding steroid dienone is 18. The van der Waals surface area contributed by atoms with Crippen LogP contribution in [0.3, 0.4) is 0 Å². The third kappa shape index (κ3) is 62.8. The molecule has 0 aromatic carbocycles. The molecule has 6 nitrogen and oxygen atoms in total. The van der Waals surface area contributed by atoms with Crippen molar-refractivity contribution < 1.29 is 28.6 Å². The Bertz CT molecular complexity index is 1560. The predicted octanol–water partition coefficient (Wildman–Crippen LogP) is 22.2. The molecule has 0 aliphatic carbocycles. The molecule has 1 atom stereocenters. The maximum Gasteiger partial charge on any atom is 0.306 e. The van der Waals surface area contributed by atoms with E-state index in [9.17, 15) is 14.4 Å². The highest BCUT2D eigenvalue weighted by atomic mass is 16.6. The lowest BCUT2D eigenvalue weighted by molar-refractivity contribution is -0.167. The quantitative estimate of drug-likeness (QED) is 0.0261. The fraction of sp³-hybridized carbons (Fsp3) is 0.704. The van der Waals surface area contributed by atoms with Gasteiger partial charge in [-0.25, -0.2) is 0 Å². The zero-order valence-electron chi connectivity index (χ0n) is 50.4. The molecule has 0 radical (unpaired) electrons. The molecule has 0 spiro atoms. The van der Waals surface area contributed by atoms with Gasteiger partial charge >= 0.3 is 17.9 Å². The number of ether oxygens (including phenoxy) is 3. The van der Waals surface area contributed by atoms with Crippen LogP contribution in [0.2, 0.25) is 0 Å². The first-order valence-corrected chi connectivity index (χ1v) is 32.4. The molecule has 0 saturated heterocycles. The van der Waals surface area contributed by atoms with Gasteiger partial charge in [-0.2, -0.15) is 0 Å². The molecule has 77 heavy (non-hydrogen) atoms. The Morgan fingerprint density at radius 1 is 0.273 bits per heavy atom. The van der Waals surface area contributed by atoms with Gasteiger partial charge in [0.05, 0.1) is 0 Å². The van der Waals surface area contributed by atoms with Crippen molar-refractivity contribution in [3.8, 4) is 0 Å². The average Bonchev–Trinajstić information content (AvgIpc) is 3.43. The molecule has 0 saturated carbocycles. The monoisotopic (exact) mass is 1070 g/mol. The van der Waals surface area contributed by atoms with Gasteiger partial charge in [0.25, 0.3) is 0 Å². The van der Waals surface area contributed by atoms with Crippen LogP contribution in [0, 0.1) is 0 Å². The molecule has 0 amide bonds. The Balaban J connectivity index is 4.24. The predicted molar refractivity (Wildman–Crippen MR) is 334 cm³/mol. The summed E-state index contributed by atoms with van der Waals surface area (Å²) in [7, 11) is 0. The summed E-state index contributed by atoms with van der Waals surface area (Å²) in [6.07, 6.45) is 88.2. The Hall–Kier alpha value is -3.93. The minimum absolute atomic E-state index is 0.0832. The van der Waals surface area contributed by atoms with E-state index < -0.39 is 6.10 Å². The highest BCUT2D eigenvalue weighted by molar-refractivity contribution is 5.71. The van der Waals surface area contributed by atoms with Gasteiger partial charge in [0.2, 0.25) is 0 Å². The van der Waals surface area contributed by atoms with Gasteiger partial charge in [-0.15, -0.1) is 0 Å². The van der Waals surface area contributed by atoms with Crippen molar-refractivity contribution in [1.82, 2.24) is 0 Å².